The number of carbonyl (C=O) groups excluding carboxylic acids is 1. The van der Waals surface area contributed by atoms with E-state index in [9.17, 15) is 13.6 Å². The van der Waals surface area contributed by atoms with E-state index in [0.717, 1.165) is 11.6 Å². The Labute approximate surface area is 159 Å². The van der Waals surface area contributed by atoms with Gasteiger partial charge < -0.3 is 4.74 Å². The van der Waals surface area contributed by atoms with Crippen molar-refractivity contribution in [2.75, 3.05) is 7.11 Å². The fraction of sp³-hybridized carbons (Fsp3) is 0.200. The van der Waals surface area contributed by atoms with Crippen LogP contribution >= 0.6 is 15.9 Å². The topological polar surface area (TPSA) is 39.2 Å². The zero-order valence-corrected chi connectivity index (χ0v) is 16.1. The summed E-state index contributed by atoms with van der Waals surface area (Å²) < 4.78 is 32.6. The number of allylic oxidation sites excluding steroid dienone is 5. The molecule has 0 aliphatic rings. The van der Waals surface area contributed by atoms with Gasteiger partial charge >= 0.3 is 5.97 Å². The predicted molar refractivity (Wildman–Crippen MR) is 103 cm³/mol. The number of benzene rings is 1. The molecule has 1 aromatic heterocycles. The van der Waals surface area contributed by atoms with E-state index in [-0.39, 0.29) is 11.2 Å². The number of aromatic nitrogens is 1. The first-order valence-electron chi connectivity index (χ1n) is 7.84. The second kappa shape index (κ2) is 8.85. The van der Waals surface area contributed by atoms with Crippen molar-refractivity contribution in [2.45, 2.75) is 18.7 Å². The zero-order valence-electron chi connectivity index (χ0n) is 14.5. The molecule has 0 saturated carbocycles. The summed E-state index contributed by atoms with van der Waals surface area (Å²) in [6.45, 7) is 5.17. The minimum atomic E-state index is -0.651. The van der Waals surface area contributed by atoms with Gasteiger partial charge in [0, 0.05) is 16.3 Å². The number of nitrogens with zero attached hydrogens (tertiary/aromatic N) is 1. The average molecular weight is 422 g/mol. The van der Waals surface area contributed by atoms with Crippen LogP contribution in [0.2, 0.25) is 0 Å². The lowest BCUT2D eigenvalue weighted by Gasteiger charge is -2.11. The molecule has 0 amide bonds. The molecular weight excluding hydrogens is 404 g/mol. The SMILES string of the molecule is C=C/C(F)=C\CC=C(C)c1cc(C(=O)OC)nc2c(F)c(CBr)ccc12. The second-order valence-corrected chi connectivity index (χ2v) is 6.09. The van der Waals surface area contributed by atoms with Crippen molar-refractivity contribution in [1.29, 1.82) is 0 Å². The molecule has 0 radical (unpaired) electrons. The Hall–Kier alpha value is -2.34. The molecule has 0 fully saturated rings. The molecule has 0 unspecified atom stereocenters. The van der Waals surface area contributed by atoms with Crippen LogP contribution in [0.4, 0.5) is 8.78 Å². The molecule has 0 aliphatic heterocycles. The number of ether oxygens (including phenoxy) is 1. The lowest BCUT2D eigenvalue weighted by molar-refractivity contribution is 0.0594. The van der Waals surface area contributed by atoms with Crippen molar-refractivity contribution in [3.05, 3.63) is 71.5 Å². The summed E-state index contributed by atoms with van der Waals surface area (Å²) in [6.07, 6.45) is 4.63. The Morgan fingerprint density at radius 3 is 2.73 bits per heavy atom. The highest BCUT2D eigenvalue weighted by Gasteiger charge is 2.17. The highest BCUT2D eigenvalue weighted by molar-refractivity contribution is 9.08. The number of methoxy groups -OCH3 is 1. The summed E-state index contributed by atoms with van der Waals surface area (Å²) in [5, 5.41) is 0.899. The van der Waals surface area contributed by atoms with Gasteiger partial charge in [0.1, 0.15) is 17.0 Å². The summed E-state index contributed by atoms with van der Waals surface area (Å²) >= 11 is 3.24. The third-order valence-corrected chi connectivity index (χ3v) is 4.50. The average Bonchev–Trinajstić information content (AvgIpc) is 2.66. The van der Waals surface area contributed by atoms with Crippen LogP contribution in [0, 0.1) is 5.82 Å². The molecule has 0 bridgehead atoms. The first kappa shape index (κ1) is 20.0. The van der Waals surface area contributed by atoms with Crippen molar-refractivity contribution < 1.29 is 18.3 Å². The first-order chi connectivity index (χ1) is 12.4. The molecule has 0 spiro atoms. The molecule has 6 heteroatoms. The van der Waals surface area contributed by atoms with E-state index in [1.54, 1.807) is 24.3 Å². The molecule has 3 nitrogen and oxygen atoms in total. The van der Waals surface area contributed by atoms with Crippen LogP contribution < -0.4 is 0 Å². The van der Waals surface area contributed by atoms with Gasteiger partial charge in [0.15, 0.2) is 5.82 Å². The van der Waals surface area contributed by atoms with Crippen LogP contribution in [0.3, 0.4) is 0 Å². The van der Waals surface area contributed by atoms with Gasteiger partial charge in [-0.3, -0.25) is 0 Å². The van der Waals surface area contributed by atoms with Crippen LogP contribution in [0.15, 0.2) is 48.8 Å². The van der Waals surface area contributed by atoms with Gasteiger partial charge in [-0.05, 0) is 42.7 Å². The first-order valence-corrected chi connectivity index (χ1v) is 8.96. The van der Waals surface area contributed by atoms with Gasteiger partial charge in [0.25, 0.3) is 0 Å². The number of fused-ring (bicyclic) bond motifs is 1. The smallest absolute Gasteiger partial charge is 0.356 e. The molecule has 0 atom stereocenters. The van der Waals surface area contributed by atoms with Crippen molar-refractivity contribution in [3.8, 4) is 0 Å². The van der Waals surface area contributed by atoms with E-state index >= 15 is 0 Å². The lowest BCUT2D eigenvalue weighted by Crippen LogP contribution is -2.07. The Balaban J connectivity index is 2.66. The molecule has 0 saturated heterocycles. The zero-order chi connectivity index (χ0) is 19.3. The number of halogens is 3. The van der Waals surface area contributed by atoms with Crippen LogP contribution in [-0.2, 0) is 10.1 Å². The third kappa shape index (κ3) is 4.25. The van der Waals surface area contributed by atoms with Crippen LogP contribution in [0.25, 0.3) is 16.5 Å². The predicted octanol–water partition coefficient (Wildman–Crippen LogP) is 5.89. The summed E-state index contributed by atoms with van der Waals surface area (Å²) in [4.78, 5) is 16.1. The Morgan fingerprint density at radius 1 is 1.38 bits per heavy atom. The van der Waals surface area contributed by atoms with Crippen LogP contribution in [0.5, 0.6) is 0 Å². The standard InChI is InChI=1S/C20H18BrF2NO2/c1-4-14(22)7-5-6-12(2)16-10-17(20(25)26-3)24-19-15(16)9-8-13(11-21)18(19)23/h4,6-10H,1,5,11H2,2-3H3/b12-6?,14-7+. The number of hydrogen-bond donors (Lipinski definition) is 0. The van der Waals surface area contributed by atoms with E-state index in [1.165, 1.54) is 13.2 Å². The molecule has 26 heavy (non-hydrogen) atoms. The molecular formula is C20H18BrF2NO2. The summed E-state index contributed by atoms with van der Waals surface area (Å²) in [6, 6.07) is 4.98. The van der Waals surface area contributed by atoms with Crippen LogP contribution in [0.1, 0.15) is 35.0 Å². The van der Waals surface area contributed by atoms with Gasteiger partial charge in [-0.15, -0.1) is 0 Å². The maximum atomic E-state index is 14.7. The van der Waals surface area contributed by atoms with Crippen LogP contribution in [-0.4, -0.2) is 18.1 Å². The molecule has 1 heterocycles. The molecule has 0 aliphatic carbocycles. The van der Waals surface area contributed by atoms with Gasteiger partial charge in [0.2, 0.25) is 0 Å². The highest BCUT2D eigenvalue weighted by atomic mass is 79.9. The summed E-state index contributed by atoms with van der Waals surface area (Å²) in [5.74, 6) is -1.56. The number of pyridine rings is 1. The molecule has 1 aromatic carbocycles. The van der Waals surface area contributed by atoms with Crippen molar-refractivity contribution in [2.24, 2.45) is 0 Å². The lowest BCUT2D eigenvalue weighted by atomic mass is 9.99. The number of alkyl halides is 1. The monoisotopic (exact) mass is 421 g/mol. The Bertz CT molecular complexity index is 920. The number of carbonyl (C=O) groups is 1. The quantitative estimate of drug-likeness (QED) is 0.331. The van der Waals surface area contributed by atoms with E-state index in [4.69, 9.17) is 4.74 Å². The molecule has 2 rings (SSSR count). The highest BCUT2D eigenvalue weighted by Crippen LogP contribution is 2.29. The van der Waals surface area contributed by atoms with Gasteiger partial charge in [-0.2, -0.15) is 0 Å². The fourth-order valence-electron chi connectivity index (χ4n) is 2.48. The Morgan fingerprint density at radius 2 is 2.12 bits per heavy atom. The largest absolute Gasteiger partial charge is 0.464 e. The van der Waals surface area contributed by atoms with Crippen molar-refractivity contribution in [3.63, 3.8) is 0 Å². The number of hydrogen-bond acceptors (Lipinski definition) is 3. The summed E-state index contributed by atoms with van der Waals surface area (Å²) in [7, 11) is 1.24. The summed E-state index contributed by atoms with van der Waals surface area (Å²) in [5.41, 5.74) is 1.96. The van der Waals surface area contributed by atoms with E-state index < -0.39 is 17.6 Å². The minimum Gasteiger partial charge on any atom is -0.464 e. The minimum absolute atomic E-state index is 0.0150. The van der Waals surface area contributed by atoms with Gasteiger partial charge in [0.05, 0.1) is 7.11 Å². The third-order valence-electron chi connectivity index (χ3n) is 3.89. The van der Waals surface area contributed by atoms with Crippen molar-refractivity contribution in [1.82, 2.24) is 4.98 Å². The van der Waals surface area contributed by atoms with E-state index in [2.05, 4.69) is 27.5 Å². The normalized spacial score (nSPS) is 12.3. The maximum absolute atomic E-state index is 14.7. The van der Waals surface area contributed by atoms with E-state index in [0.29, 0.717) is 28.3 Å². The number of rotatable bonds is 6. The van der Waals surface area contributed by atoms with Gasteiger partial charge in [-0.25, -0.2) is 18.6 Å². The molecule has 136 valence electrons. The fourth-order valence-corrected chi connectivity index (χ4v) is 2.91. The molecule has 2 aromatic rings. The second-order valence-electron chi connectivity index (χ2n) is 5.53. The van der Waals surface area contributed by atoms with E-state index in [1.807, 2.05) is 6.92 Å². The number of esters is 1. The van der Waals surface area contributed by atoms with Gasteiger partial charge in [-0.1, -0.05) is 40.7 Å². The van der Waals surface area contributed by atoms with Crippen molar-refractivity contribution >= 4 is 38.4 Å². The Kier molecular flexibility index (Phi) is 6.80. The maximum Gasteiger partial charge on any atom is 0.356 e. The molecule has 0 N–H and O–H groups in total.